The number of hydrogen-bond donors (Lipinski definition) is 2. The van der Waals surface area contributed by atoms with Gasteiger partial charge in [0.1, 0.15) is 22.3 Å². The molecule has 0 aliphatic rings. The molecule has 2 rings (SSSR count). The van der Waals surface area contributed by atoms with Gasteiger partial charge in [-0.1, -0.05) is 12.2 Å². The van der Waals surface area contributed by atoms with E-state index in [-0.39, 0.29) is 4.99 Å². The van der Waals surface area contributed by atoms with Crippen molar-refractivity contribution >= 4 is 28.7 Å². The number of aryl methyl sites for hydroxylation is 1. The Morgan fingerprint density at radius 3 is 2.57 bits per heavy atom. The third-order valence-corrected chi connectivity index (χ3v) is 3.18. The Hall–Kier alpha value is -2.34. The normalized spacial score (nSPS) is 10.0. The first-order valence-corrected chi connectivity index (χ1v) is 6.72. The molecule has 0 atom stereocenters. The van der Waals surface area contributed by atoms with E-state index in [1.165, 1.54) is 0 Å². The van der Waals surface area contributed by atoms with Gasteiger partial charge in [-0.15, -0.1) is 0 Å². The monoisotopic (exact) mass is 303 g/mol. The zero-order valence-electron chi connectivity index (χ0n) is 12.1. The molecule has 3 N–H and O–H groups in total. The van der Waals surface area contributed by atoms with Crippen LogP contribution in [0.25, 0.3) is 0 Å². The molecule has 0 saturated carbocycles. The van der Waals surface area contributed by atoms with Crippen LogP contribution in [-0.2, 0) is 0 Å². The Bertz CT molecular complexity index is 674. The van der Waals surface area contributed by atoms with Crippen molar-refractivity contribution in [2.45, 2.75) is 6.92 Å². The standard InChI is InChI=1S/C15H17N3O2S/c1-9-4-6-11(14(16)21)15(17-9)18-12-8-10(19-2)5-7-13(12)20-3/h4-8H,1-3H3,(H2,16,21)(H,17,18). The van der Waals surface area contributed by atoms with Gasteiger partial charge in [-0.05, 0) is 31.2 Å². The fraction of sp³-hybridized carbons (Fsp3) is 0.200. The molecule has 21 heavy (non-hydrogen) atoms. The summed E-state index contributed by atoms with van der Waals surface area (Å²) in [6.45, 7) is 1.90. The first-order valence-electron chi connectivity index (χ1n) is 6.31. The summed E-state index contributed by atoms with van der Waals surface area (Å²) in [4.78, 5) is 4.73. The molecule has 0 aliphatic heterocycles. The third-order valence-electron chi connectivity index (χ3n) is 2.96. The van der Waals surface area contributed by atoms with E-state index in [4.69, 9.17) is 27.4 Å². The van der Waals surface area contributed by atoms with Gasteiger partial charge in [0.2, 0.25) is 0 Å². The lowest BCUT2D eigenvalue weighted by molar-refractivity contribution is 0.405. The molecule has 5 nitrogen and oxygen atoms in total. The van der Waals surface area contributed by atoms with Crippen LogP contribution in [0.1, 0.15) is 11.3 Å². The predicted octanol–water partition coefficient (Wildman–Crippen LogP) is 2.79. The number of nitrogens with zero attached hydrogens (tertiary/aromatic N) is 1. The average Bonchev–Trinajstić information content (AvgIpc) is 2.47. The lowest BCUT2D eigenvalue weighted by Crippen LogP contribution is -2.13. The largest absolute Gasteiger partial charge is 0.497 e. The van der Waals surface area contributed by atoms with Crippen molar-refractivity contribution in [1.29, 1.82) is 0 Å². The van der Waals surface area contributed by atoms with Crippen LogP contribution in [0, 0.1) is 6.92 Å². The summed E-state index contributed by atoms with van der Waals surface area (Å²) >= 11 is 5.06. The molecule has 110 valence electrons. The van der Waals surface area contributed by atoms with E-state index in [2.05, 4.69) is 10.3 Å². The molecule has 6 heteroatoms. The van der Waals surface area contributed by atoms with Gasteiger partial charge in [-0.25, -0.2) is 4.98 Å². The molecule has 0 spiro atoms. The second kappa shape index (κ2) is 6.41. The van der Waals surface area contributed by atoms with Crippen LogP contribution in [0.2, 0.25) is 0 Å². The minimum absolute atomic E-state index is 0.284. The summed E-state index contributed by atoms with van der Waals surface area (Å²) in [5.41, 5.74) is 8.01. The van der Waals surface area contributed by atoms with Gasteiger partial charge in [0.05, 0.1) is 25.5 Å². The second-order valence-electron chi connectivity index (χ2n) is 4.40. The lowest BCUT2D eigenvalue weighted by Gasteiger charge is -2.14. The van der Waals surface area contributed by atoms with Gasteiger partial charge in [0, 0.05) is 11.8 Å². The first-order chi connectivity index (χ1) is 10.0. The molecular weight excluding hydrogens is 286 g/mol. The topological polar surface area (TPSA) is 69.4 Å². The van der Waals surface area contributed by atoms with Crippen molar-refractivity contribution in [3.05, 3.63) is 41.6 Å². The van der Waals surface area contributed by atoms with Crippen molar-refractivity contribution in [3.63, 3.8) is 0 Å². The van der Waals surface area contributed by atoms with Gasteiger partial charge in [-0.2, -0.15) is 0 Å². The minimum atomic E-state index is 0.284. The van der Waals surface area contributed by atoms with Crippen molar-refractivity contribution in [2.24, 2.45) is 5.73 Å². The van der Waals surface area contributed by atoms with Gasteiger partial charge in [0.25, 0.3) is 0 Å². The maximum absolute atomic E-state index is 5.74. The summed E-state index contributed by atoms with van der Waals surface area (Å²) in [6.07, 6.45) is 0. The maximum atomic E-state index is 5.74. The van der Waals surface area contributed by atoms with E-state index in [9.17, 15) is 0 Å². The SMILES string of the molecule is COc1ccc(OC)c(Nc2nc(C)ccc2C(N)=S)c1. The van der Waals surface area contributed by atoms with Crippen LogP contribution >= 0.6 is 12.2 Å². The predicted molar refractivity (Wildman–Crippen MR) is 87.7 cm³/mol. The molecule has 0 bridgehead atoms. The highest BCUT2D eigenvalue weighted by molar-refractivity contribution is 7.80. The lowest BCUT2D eigenvalue weighted by atomic mass is 10.2. The molecule has 1 heterocycles. The number of nitrogens with two attached hydrogens (primary N) is 1. The van der Waals surface area contributed by atoms with Gasteiger partial charge >= 0.3 is 0 Å². The fourth-order valence-corrected chi connectivity index (χ4v) is 2.05. The summed E-state index contributed by atoms with van der Waals surface area (Å²) < 4.78 is 10.6. The van der Waals surface area contributed by atoms with Gasteiger partial charge in [-0.3, -0.25) is 0 Å². The number of ether oxygens (including phenoxy) is 2. The fourth-order valence-electron chi connectivity index (χ4n) is 1.89. The van der Waals surface area contributed by atoms with Crippen LogP contribution in [0.5, 0.6) is 11.5 Å². The number of nitrogens with one attached hydrogen (secondary N) is 1. The van der Waals surface area contributed by atoms with Crippen molar-refractivity contribution in [1.82, 2.24) is 4.98 Å². The van der Waals surface area contributed by atoms with Gasteiger partial charge in [0.15, 0.2) is 0 Å². The number of pyridine rings is 1. The molecule has 0 radical (unpaired) electrons. The summed E-state index contributed by atoms with van der Waals surface area (Å²) in [5.74, 6) is 1.98. The van der Waals surface area contributed by atoms with Crippen molar-refractivity contribution in [2.75, 3.05) is 19.5 Å². The Labute approximate surface area is 129 Å². The molecule has 1 aromatic heterocycles. The van der Waals surface area contributed by atoms with Crippen molar-refractivity contribution < 1.29 is 9.47 Å². The van der Waals surface area contributed by atoms with Gasteiger partial charge < -0.3 is 20.5 Å². The molecular formula is C15H17N3O2S. The summed E-state index contributed by atoms with van der Waals surface area (Å²) in [5, 5.41) is 3.21. The summed E-state index contributed by atoms with van der Waals surface area (Å²) in [7, 11) is 3.21. The van der Waals surface area contributed by atoms with E-state index in [0.717, 1.165) is 11.4 Å². The molecule has 0 unspecified atom stereocenters. The smallest absolute Gasteiger partial charge is 0.142 e. The Morgan fingerprint density at radius 2 is 1.95 bits per heavy atom. The Morgan fingerprint density at radius 1 is 1.19 bits per heavy atom. The highest BCUT2D eigenvalue weighted by Gasteiger charge is 2.11. The first kappa shape index (κ1) is 15.1. The molecule has 2 aromatic rings. The van der Waals surface area contributed by atoms with E-state index < -0.39 is 0 Å². The van der Waals surface area contributed by atoms with Crippen LogP contribution in [-0.4, -0.2) is 24.2 Å². The molecule has 1 aromatic carbocycles. The van der Waals surface area contributed by atoms with E-state index in [1.807, 2.05) is 37.3 Å². The summed E-state index contributed by atoms with van der Waals surface area (Å²) in [6, 6.07) is 9.17. The number of anilines is 2. The highest BCUT2D eigenvalue weighted by Crippen LogP contribution is 2.32. The maximum Gasteiger partial charge on any atom is 0.142 e. The minimum Gasteiger partial charge on any atom is -0.497 e. The quantitative estimate of drug-likeness (QED) is 0.828. The number of hydrogen-bond acceptors (Lipinski definition) is 5. The zero-order chi connectivity index (χ0) is 15.4. The number of aromatic nitrogens is 1. The number of methoxy groups -OCH3 is 2. The molecule has 0 fully saturated rings. The molecule has 0 saturated heterocycles. The van der Waals surface area contributed by atoms with Crippen LogP contribution < -0.4 is 20.5 Å². The second-order valence-corrected chi connectivity index (χ2v) is 4.84. The third kappa shape index (κ3) is 3.41. The average molecular weight is 303 g/mol. The molecule has 0 amide bonds. The van der Waals surface area contributed by atoms with E-state index in [1.54, 1.807) is 14.2 Å². The Kier molecular flexibility index (Phi) is 4.59. The number of rotatable bonds is 5. The van der Waals surface area contributed by atoms with E-state index in [0.29, 0.717) is 22.9 Å². The van der Waals surface area contributed by atoms with E-state index >= 15 is 0 Å². The Balaban J connectivity index is 2.46. The van der Waals surface area contributed by atoms with Crippen LogP contribution in [0.4, 0.5) is 11.5 Å². The molecule has 0 aliphatic carbocycles. The highest BCUT2D eigenvalue weighted by atomic mass is 32.1. The van der Waals surface area contributed by atoms with Crippen LogP contribution in [0.3, 0.4) is 0 Å². The number of thiocarbonyl (C=S) groups is 1. The zero-order valence-corrected chi connectivity index (χ0v) is 13.0. The number of benzene rings is 1. The van der Waals surface area contributed by atoms with Crippen LogP contribution in [0.15, 0.2) is 30.3 Å². The van der Waals surface area contributed by atoms with Crippen molar-refractivity contribution in [3.8, 4) is 11.5 Å².